The molecule has 4 aromatic rings. The first-order valence-electron chi connectivity index (χ1n) is 9.10. The van der Waals surface area contributed by atoms with Crippen LogP contribution in [0.2, 0.25) is 0 Å². The average molecular weight is 387 g/mol. The largest absolute Gasteiger partial charge is 0.455 e. The van der Waals surface area contributed by atoms with E-state index in [0.717, 1.165) is 28.2 Å². The molecule has 0 fully saturated rings. The normalized spacial score (nSPS) is 10.8. The number of aryl methyl sites for hydroxylation is 2. The summed E-state index contributed by atoms with van der Waals surface area (Å²) in [6.45, 7) is 1.91. The summed E-state index contributed by atoms with van der Waals surface area (Å²) >= 11 is 0. The Labute approximate surface area is 168 Å². The maximum Gasteiger partial charge on any atom is 0.224 e. The monoisotopic (exact) mass is 387 g/mol. The minimum atomic E-state index is 0.660. The molecule has 29 heavy (non-hydrogen) atoms. The van der Waals surface area contributed by atoms with Gasteiger partial charge in [-0.2, -0.15) is 5.10 Å². The maximum absolute atomic E-state index is 6.05. The van der Waals surface area contributed by atoms with E-state index in [1.165, 1.54) is 0 Å². The third-order valence-corrected chi connectivity index (χ3v) is 4.33. The molecule has 0 amide bonds. The van der Waals surface area contributed by atoms with E-state index in [-0.39, 0.29) is 0 Å². The fourth-order valence-electron chi connectivity index (χ4n) is 2.81. The molecule has 0 aliphatic heterocycles. The molecular weight excluding hydrogens is 366 g/mol. The Morgan fingerprint density at radius 3 is 2.38 bits per heavy atom. The van der Waals surface area contributed by atoms with Crippen LogP contribution in [0.25, 0.3) is 22.5 Å². The summed E-state index contributed by atoms with van der Waals surface area (Å²) in [4.78, 5) is 19.6. The van der Waals surface area contributed by atoms with Gasteiger partial charge in [-0.3, -0.25) is 9.67 Å². The maximum atomic E-state index is 6.05. The van der Waals surface area contributed by atoms with Gasteiger partial charge in [-0.05, 0) is 25.1 Å². The van der Waals surface area contributed by atoms with Crippen molar-refractivity contribution in [3.63, 3.8) is 0 Å². The highest BCUT2D eigenvalue weighted by molar-refractivity contribution is 5.60. The molecule has 0 bridgehead atoms. The fourth-order valence-corrected chi connectivity index (χ4v) is 2.81. The molecule has 4 aromatic heterocycles. The van der Waals surface area contributed by atoms with Gasteiger partial charge in [-0.1, -0.05) is 0 Å². The summed E-state index contributed by atoms with van der Waals surface area (Å²) in [7, 11) is 5.68. The Bertz CT molecular complexity index is 1140. The zero-order chi connectivity index (χ0) is 20.4. The van der Waals surface area contributed by atoms with Gasteiger partial charge in [0, 0.05) is 63.1 Å². The molecule has 0 saturated carbocycles. The van der Waals surface area contributed by atoms with Crippen molar-refractivity contribution in [3.8, 4) is 34.0 Å². The summed E-state index contributed by atoms with van der Waals surface area (Å²) in [5, 5.41) is 4.19. The van der Waals surface area contributed by atoms with E-state index in [4.69, 9.17) is 4.74 Å². The molecule has 4 heterocycles. The molecule has 0 N–H and O–H groups in total. The predicted octanol–water partition coefficient (Wildman–Crippen LogP) is 3.50. The third kappa shape index (κ3) is 4.06. The lowest BCUT2D eigenvalue weighted by molar-refractivity contribution is 0.475. The number of pyridine rings is 2. The second-order valence-electron chi connectivity index (χ2n) is 6.83. The number of hydrogen-bond donors (Lipinski definition) is 0. The number of anilines is 1. The van der Waals surface area contributed by atoms with E-state index in [0.29, 0.717) is 17.4 Å². The Morgan fingerprint density at radius 1 is 0.931 bits per heavy atom. The molecule has 8 nitrogen and oxygen atoms in total. The van der Waals surface area contributed by atoms with Gasteiger partial charge in [0.25, 0.3) is 0 Å². The molecule has 0 radical (unpaired) electrons. The number of aromatic nitrogens is 6. The van der Waals surface area contributed by atoms with Gasteiger partial charge in [0.2, 0.25) is 5.95 Å². The predicted molar refractivity (Wildman–Crippen MR) is 111 cm³/mol. The van der Waals surface area contributed by atoms with Crippen LogP contribution in [0.3, 0.4) is 0 Å². The SMILES string of the molecule is Cc1nc(-c2cnc(N(C)C)nc2)ccc1Oc1ccnc(-c2cnn(C)c2)c1. The standard InChI is InChI=1S/C21H21N7O/c1-14-20(6-5-18(26-14)15-10-23-21(24-11-15)27(2)3)29-17-7-8-22-19(9-17)16-12-25-28(4)13-16/h5-13H,1-4H3. The average Bonchev–Trinajstić information content (AvgIpc) is 3.16. The van der Waals surface area contributed by atoms with Crippen molar-refractivity contribution >= 4 is 5.95 Å². The zero-order valence-electron chi connectivity index (χ0n) is 16.7. The lowest BCUT2D eigenvalue weighted by Crippen LogP contribution is -2.12. The topological polar surface area (TPSA) is 81.8 Å². The van der Waals surface area contributed by atoms with Crippen LogP contribution in [0.4, 0.5) is 5.95 Å². The second kappa shape index (κ2) is 7.67. The summed E-state index contributed by atoms with van der Waals surface area (Å²) in [5.41, 5.74) is 4.16. The van der Waals surface area contributed by atoms with E-state index in [9.17, 15) is 0 Å². The minimum Gasteiger partial charge on any atom is -0.455 e. The first-order chi connectivity index (χ1) is 14.0. The van der Waals surface area contributed by atoms with Crippen molar-refractivity contribution in [2.75, 3.05) is 19.0 Å². The van der Waals surface area contributed by atoms with Crippen molar-refractivity contribution in [2.45, 2.75) is 6.92 Å². The van der Waals surface area contributed by atoms with Crippen molar-refractivity contribution < 1.29 is 4.74 Å². The second-order valence-corrected chi connectivity index (χ2v) is 6.83. The van der Waals surface area contributed by atoms with Gasteiger partial charge >= 0.3 is 0 Å². The van der Waals surface area contributed by atoms with Crippen molar-refractivity contribution in [3.05, 3.63) is 60.9 Å². The number of ether oxygens (including phenoxy) is 1. The molecule has 8 heteroatoms. The van der Waals surface area contributed by atoms with Crippen LogP contribution in [-0.4, -0.2) is 43.8 Å². The molecule has 0 spiro atoms. The lowest BCUT2D eigenvalue weighted by Gasteiger charge is -2.11. The first kappa shape index (κ1) is 18.5. The highest BCUT2D eigenvalue weighted by Crippen LogP contribution is 2.29. The van der Waals surface area contributed by atoms with Crippen molar-refractivity contribution in [1.29, 1.82) is 0 Å². The van der Waals surface area contributed by atoms with E-state index in [2.05, 4.69) is 25.0 Å². The van der Waals surface area contributed by atoms with Gasteiger partial charge in [-0.25, -0.2) is 15.0 Å². The third-order valence-electron chi connectivity index (χ3n) is 4.33. The highest BCUT2D eigenvalue weighted by atomic mass is 16.5. The summed E-state index contributed by atoms with van der Waals surface area (Å²) in [5.74, 6) is 2.03. The highest BCUT2D eigenvalue weighted by Gasteiger charge is 2.09. The minimum absolute atomic E-state index is 0.660. The van der Waals surface area contributed by atoms with Crippen LogP contribution in [0, 0.1) is 6.92 Å². The van der Waals surface area contributed by atoms with Crippen LogP contribution in [0.1, 0.15) is 5.69 Å². The van der Waals surface area contributed by atoms with Crippen LogP contribution in [-0.2, 0) is 7.05 Å². The summed E-state index contributed by atoms with van der Waals surface area (Å²) in [6, 6.07) is 7.51. The molecule has 0 aliphatic rings. The Morgan fingerprint density at radius 2 is 1.72 bits per heavy atom. The fraction of sp³-hybridized carbons (Fsp3) is 0.190. The Balaban J connectivity index is 1.56. The molecule has 4 rings (SSSR count). The van der Waals surface area contributed by atoms with Crippen LogP contribution in [0.15, 0.2) is 55.2 Å². The summed E-state index contributed by atoms with van der Waals surface area (Å²) < 4.78 is 7.79. The van der Waals surface area contributed by atoms with Crippen molar-refractivity contribution in [2.24, 2.45) is 7.05 Å². The summed E-state index contributed by atoms with van der Waals surface area (Å²) in [6.07, 6.45) is 8.95. The van der Waals surface area contributed by atoms with E-state index >= 15 is 0 Å². The first-order valence-corrected chi connectivity index (χ1v) is 9.10. The van der Waals surface area contributed by atoms with Crippen LogP contribution < -0.4 is 9.64 Å². The van der Waals surface area contributed by atoms with Crippen LogP contribution in [0.5, 0.6) is 11.5 Å². The smallest absolute Gasteiger partial charge is 0.224 e. The molecule has 0 aliphatic carbocycles. The Kier molecular flexibility index (Phi) is 4.90. The zero-order valence-corrected chi connectivity index (χ0v) is 16.7. The number of nitrogens with zero attached hydrogens (tertiary/aromatic N) is 7. The lowest BCUT2D eigenvalue weighted by atomic mass is 10.2. The van der Waals surface area contributed by atoms with Gasteiger partial charge in [0.05, 0.1) is 23.3 Å². The van der Waals surface area contributed by atoms with E-state index in [1.54, 1.807) is 29.5 Å². The molecule has 0 saturated heterocycles. The van der Waals surface area contributed by atoms with Crippen molar-refractivity contribution in [1.82, 2.24) is 29.7 Å². The van der Waals surface area contributed by atoms with Gasteiger partial charge < -0.3 is 9.64 Å². The molecular formula is C21H21N7O. The molecule has 0 atom stereocenters. The number of rotatable bonds is 5. The van der Waals surface area contributed by atoms with E-state index in [1.807, 2.05) is 63.4 Å². The number of hydrogen-bond acceptors (Lipinski definition) is 7. The quantitative estimate of drug-likeness (QED) is 0.518. The van der Waals surface area contributed by atoms with Gasteiger partial charge in [0.15, 0.2) is 0 Å². The van der Waals surface area contributed by atoms with E-state index < -0.39 is 0 Å². The Hall–Kier alpha value is -3.81. The molecule has 146 valence electrons. The molecule has 0 unspecified atom stereocenters. The van der Waals surface area contributed by atoms with Gasteiger partial charge in [0.1, 0.15) is 11.5 Å². The molecule has 0 aromatic carbocycles. The van der Waals surface area contributed by atoms with Crippen LogP contribution >= 0.6 is 0 Å². The van der Waals surface area contributed by atoms with Gasteiger partial charge in [-0.15, -0.1) is 0 Å².